The molecule has 1 aliphatic rings. The van der Waals surface area contributed by atoms with Crippen molar-refractivity contribution in [2.75, 3.05) is 11.9 Å². The largest absolute Gasteiger partial charge is 0.483 e. The van der Waals surface area contributed by atoms with E-state index in [1.807, 2.05) is 71.0 Å². The first-order valence-corrected chi connectivity index (χ1v) is 10.4. The molecule has 0 fully saturated rings. The van der Waals surface area contributed by atoms with Gasteiger partial charge in [-0.05, 0) is 38.5 Å². The van der Waals surface area contributed by atoms with Gasteiger partial charge < -0.3 is 19.3 Å². The van der Waals surface area contributed by atoms with Crippen molar-refractivity contribution < 1.29 is 18.8 Å². The molecule has 1 aromatic heterocycles. The molecule has 0 aliphatic carbocycles. The van der Waals surface area contributed by atoms with Crippen molar-refractivity contribution in [1.29, 1.82) is 0 Å². The number of nitrogens with zero attached hydrogens (tertiary/aromatic N) is 2. The van der Waals surface area contributed by atoms with E-state index in [1.54, 1.807) is 0 Å². The molecule has 4 rings (SSSR count). The molecular weight excluding hydrogens is 394 g/mol. The van der Waals surface area contributed by atoms with E-state index < -0.39 is 0 Å². The van der Waals surface area contributed by atoms with Gasteiger partial charge in [-0.1, -0.05) is 43.3 Å². The average molecular weight is 421 g/mol. The minimum Gasteiger partial charge on any atom is -0.483 e. The molecule has 0 spiro atoms. The number of rotatable bonds is 6. The summed E-state index contributed by atoms with van der Waals surface area (Å²) in [5.74, 6) is 2.14. The van der Waals surface area contributed by atoms with Crippen LogP contribution in [-0.2, 0) is 11.2 Å². The Hall–Kier alpha value is -3.35. The minimum absolute atomic E-state index is 0.144. The highest BCUT2D eigenvalue weighted by molar-refractivity contribution is 5.96. The van der Waals surface area contributed by atoms with Gasteiger partial charge in [-0.15, -0.1) is 0 Å². The lowest BCUT2D eigenvalue weighted by atomic mass is 10.0. The van der Waals surface area contributed by atoms with Gasteiger partial charge in [0.15, 0.2) is 23.9 Å². The van der Waals surface area contributed by atoms with Crippen LogP contribution in [0.25, 0.3) is 11.5 Å². The standard InChI is InChI=1S/C24H27N3O4/c1-14(2)22-26-23(31-27-22)17-10-6-8-15(3)20(17)25-19(28)13-29-18-11-7-9-16-12-24(4,5)30-21(16)18/h6-11,14H,12-13H2,1-5H3,(H,25,28). The van der Waals surface area contributed by atoms with E-state index in [9.17, 15) is 4.79 Å². The molecule has 0 unspecified atom stereocenters. The summed E-state index contributed by atoms with van der Waals surface area (Å²) < 4.78 is 17.2. The Kier molecular flexibility index (Phi) is 5.43. The van der Waals surface area contributed by atoms with Crippen LogP contribution in [0.2, 0.25) is 0 Å². The van der Waals surface area contributed by atoms with Crippen LogP contribution in [0, 0.1) is 6.92 Å². The van der Waals surface area contributed by atoms with Crippen molar-refractivity contribution in [3.63, 3.8) is 0 Å². The normalized spacial score (nSPS) is 14.3. The average Bonchev–Trinajstić information content (AvgIpc) is 3.31. The molecule has 162 valence electrons. The third kappa shape index (κ3) is 4.40. The fourth-order valence-corrected chi connectivity index (χ4v) is 3.61. The minimum atomic E-state index is -0.283. The first-order chi connectivity index (χ1) is 14.7. The highest BCUT2D eigenvalue weighted by Gasteiger charge is 2.32. The van der Waals surface area contributed by atoms with E-state index in [-0.39, 0.29) is 24.0 Å². The van der Waals surface area contributed by atoms with Gasteiger partial charge in [-0.25, -0.2) is 0 Å². The Morgan fingerprint density at radius 2 is 2.00 bits per heavy atom. The third-order valence-corrected chi connectivity index (χ3v) is 5.14. The smallest absolute Gasteiger partial charge is 0.262 e. The zero-order valence-corrected chi connectivity index (χ0v) is 18.5. The number of aryl methyl sites for hydroxylation is 1. The summed E-state index contributed by atoms with van der Waals surface area (Å²) in [6.07, 6.45) is 0.806. The molecule has 0 radical (unpaired) electrons. The van der Waals surface area contributed by atoms with E-state index in [0.29, 0.717) is 34.5 Å². The summed E-state index contributed by atoms with van der Waals surface area (Å²) in [5, 5.41) is 6.96. The number of fused-ring (bicyclic) bond motifs is 1. The predicted molar refractivity (Wildman–Crippen MR) is 118 cm³/mol. The van der Waals surface area contributed by atoms with Crippen molar-refractivity contribution in [3.05, 3.63) is 53.3 Å². The number of benzene rings is 2. The number of aromatic nitrogens is 2. The molecule has 2 aromatic carbocycles. The molecule has 7 heteroatoms. The fourth-order valence-electron chi connectivity index (χ4n) is 3.61. The van der Waals surface area contributed by atoms with Gasteiger partial charge in [-0.2, -0.15) is 4.98 Å². The Morgan fingerprint density at radius 1 is 1.23 bits per heavy atom. The summed E-state index contributed by atoms with van der Waals surface area (Å²) in [6.45, 7) is 9.83. The van der Waals surface area contributed by atoms with Gasteiger partial charge in [0, 0.05) is 17.9 Å². The number of carbonyl (C=O) groups excluding carboxylic acids is 1. The fraction of sp³-hybridized carbons (Fsp3) is 0.375. The molecule has 0 atom stereocenters. The Labute approximate surface area is 181 Å². The SMILES string of the molecule is Cc1cccc(-c2nc(C(C)C)no2)c1NC(=O)COc1cccc2c1OC(C)(C)C2. The molecule has 0 saturated heterocycles. The lowest BCUT2D eigenvalue weighted by molar-refractivity contribution is -0.118. The van der Waals surface area contributed by atoms with Crippen molar-refractivity contribution in [2.45, 2.75) is 52.6 Å². The number of hydrogen-bond donors (Lipinski definition) is 1. The number of carbonyl (C=O) groups is 1. The number of amides is 1. The molecule has 1 amide bonds. The van der Waals surface area contributed by atoms with Crippen LogP contribution in [0.15, 0.2) is 40.9 Å². The quantitative estimate of drug-likeness (QED) is 0.609. The molecular formula is C24H27N3O4. The number of nitrogens with one attached hydrogen (secondary N) is 1. The summed E-state index contributed by atoms with van der Waals surface area (Å²) in [5.41, 5.74) is 3.01. The molecule has 0 bridgehead atoms. The van der Waals surface area contributed by atoms with E-state index in [4.69, 9.17) is 14.0 Å². The second-order valence-corrected chi connectivity index (χ2v) is 8.73. The van der Waals surface area contributed by atoms with E-state index in [1.165, 1.54) is 0 Å². The maximum atomic E-state index is 12.7. The van der Waals surface area contributed by atoms with Gasteiger partial charge in [0.25, 0.3) is 11.8 Å². The summed E-state index contributed by atoms with van der Waals surface area (Å²) in [4.78, 5) is 17.2. The van der Waals surface area contributed by atoms with Crippen molar-refractivity contribution >= 4 is 11.6 Å². The topological polar surface area (TPSA) is 86.5 Å². The predicted octanol–water partition coefficient (Wildman–Crippen LogP) is 4.90. The first kappa shape index (κ1) is 20.9. The van der Waals surface area contributed by atoms with Crippen LogP contribution in [0.3, 0.4) is 0 Å². The molecule has 31 heavy (non-hydrogen) atoms. The van der Waals surface area contributed by atoms with Gasteiger partial charge in [-0.3, -0.25) is 4.79 Å². The molecule has 3 aromatic rings. The number of para-hydroxylation sites is 2. The second kappa shape index (κ2) is 8.06. The monoisotopic (exact) mass is 421 g/mol. The molecule has 2 heterocycles. The molecule has 0 saturated carbocycles. The zero-order valence-electron chi connectivity index (χ0n) is 18.5. The van der Waals surface area contributed by atoms with Crippen LogP contribution < -0.4 is 14.8 Å². The van der Waals surface area contributed by atoms with Gasteiger partial charge >= 0.3 is 0 Å². The maximum Gasteiger partial charge on any atom is 0.262 e. The zero-order chi connectivity index (χ0) is 22.2. The number of hydrogen-bond acceptors (Lipinski definition) is 6. The Bertz CT molecular complexity index is 1120. The molecule has 7 nitrogen and oxygen atoms in total. The van der Waals surface area contributed by atoms with E-state index >= 15 is 0 Å². The second-order valence-electron chi connectivity index (χ2n) is 8.73. The van der Waals surface area contributed by atoms with Crippen molar-refractivity contribution in [2.24, 2.45) is 0 Å². The van der Waals surface area contributed by atoms with E-state index in [0.717, 1.165) is 17.5 Å². The summed E-state index contributed by atoms with van der Waals surface area (Å²) >= 11 is 0. The van der Waals surface area contributed by atoms with Crippen LogP contribution >= 0.6 is 0 Å². The van der Waals surface area contributed by atoms with Crippen molar-refractivity contribution in [1.82, 2.24) is 10.1 Å². The van der Waals surface area contributed by atoms with Gasteiger partial charge in [0.2, 0.25) is 0 Å². The van der Waals surface area contributed by atoms with Gasteiger partial charge in [0.1, 0.15) is 5.60 Å². The first-order valence-electron chi connectivity index (χ1n) is 10.4. The summed E-state index contributed by atoms with van der Waals surface area (Å²) in [7, 11) is 0. The van der Waals surface area contributed by atoms with Crippen molar-refractivity contribution in [3.8, 4) is 23.0 Å². The number of ether oxygens (including phenoxy) is 2. The van der Waals surface area contributed by atoms with Crippen LogP contribution in [-0.4, -0.2) is 28.3 Å². The highest BCUT2D eigenvalue weighted by atomic mass is 16.5. The highest BCUT2D eigenvalue weighted by Crippen LogP contribution is 2.41. The van der Waals surface area contributed by atoms with Crippen LogP contribution in [0.4, 0.5) is 5.69 Å². The maximum absolute atomic E-state index is 12.7. The molecule has 1 aliphatic heterocycles. The third-order valence-electron chi connectivity index (χ3n) is 5.14. The summed E-state index contributed by atoms with van der Waals surface area (Å²) in [6, 6.07) is 11.4. The number of anilines is 1. The van der Waals surface area contributed by atoms with Crippen LogP contribution in [0.5, 0.6) is 11.5 Å². The van der Waals surface area contributed by atoms with Gasteiger partial charge in [0.05, 0.1) is 11.3 Å². The Balaban J connectivity index is 1.50. The molecule has 1 N–H and O–H groups in total. The van der Waals surface area contributed by atoms with Crippen LogP contribution in [0.1, 0.15) is 50.6 Å². The lowest BCUT2D eigenvalue weighted by Crippen LogP contribution is -2.25. The lowest BCUT2D eigenvalue weighted by Gasteiger charge is -2.18. The Morgan fingerprint density at radius 3 is 2.74 bits per heavy atom. The van der Waals surface area contributed by atoms with E-state index in [2.05, 4.69) is 15.5 Å².